The standard InChI is InChI=1S/C17H20F3NO3/c18-17(19,20)5-3-15(23)21-16(12-8-13(22)9-12)11-1-2-14-10(7-11)4-6-24-14/h1-2,7,12-13,16,22H,3-6,8-9H2,(H,21,23)/t12?,13?,16-/m1/s1. The molecule has 7 heteroatoms. The van der Waals surface area contributed by atoms with E-state index in [1.54, 1.807) is 0 Å². The molecule has 2 aliphatic rings. The van der Waals surface area contributed by atoms with Crippen LogP contribution in [0.1, 0.15) is 42.9 Å². The molecule has 0 spiro atoms. The zero-order chi connectivity index (χ0) is 17.3. The van der Waals surface area contributed by atoms with Crippen molar-refractivity contribution in [1.29, 1.82) is 0 Å². The number of nitrogens with one attached hydrogen (secondary N) is 1. The molecule has 3 rings (SSSR count). The molecular formula is C17H20F3NO3. The Morgan fingerprint density at radius 3 is 2.79 bits per heavy atom. The van der Waals surface area contributed by atoms with Gasteiger partial charge in [0.05, 0.1) is 25.2 Å². The molecule has 24 heavy (non-hydrogen) atoms. The maximum absolute atomic E-state index is 12.3. The highest BCUT2D eigenvalue weighted by atomic mass is 19.4. The molecule has 1 saturated carbocycles. The van der Waals surface area contributed by atoms with Crippen molar-refractivity contribution in [2.75, 3.05) is 6.61 Å². The largest absolute Gasteiger partial charge is 0.493 e. The average Bonchev–Trinajstić information content (AvgIpc) is 2.94. The van der Waals surface area contributed by atoms with Crippen LogP contribution < -0.4 is 10.1 Å². The Bertz CT molecular complexity index is 612. The Morgan fingerprint density at radius 2 is 2.12 bits per heavy atom. The summed E-state index contributed by atoms with van der Waals surface area (Å²) in [5.74, 6) is 0.236. The number of hydrogen-bond acceptors (Lipinski definition) is 3. The van der Waals surface area contributed by atoms with Crippen molar-refractivity contribution in [3.05, 3.63) is 29.3 Å². The van der Waals surface area contributed by atoms with Crippen LogP contribution in [0.15, 0.2) is 18.2 Å². The lowest BCUT2D eigenvalue weighted by Crippen LogP contribution is -2.41. The van der Waals surface area contributed by atoms with E-state index in [1.165, 1.54) is 0 Å². The van der Waals surface area contributed by atoms with Crippen LogP contribution in [0, 0.1) is 5.92 Å². The first kappa shape index (κ1) is 17.1. The first-order chi connectivity index (χ1) is 11.3. The Morgan fingerprint density at radius 1 is 1.38 bits per heavy atom. The number of rotatable bonds is 5. The van der Waals surface area contributed by atoms with Crippen molar-refractivity contribution in [2.45, 2.75) is 50.4 Å². The Labute approximate surface area is 138 Å². The minimum atomic E-state index is -4.34. The first-order valence-electron chi connectivity index (χ1n) is 8.11. The molecule has 0 bridgehead atoms. The number of carbonyl (C=O) groups excluding carboxylic acids is 1. The molecule has 1 aromatic rings. The minimum absolute atomic E-state index is 0.0372. The summed E-state index contributed by atoms with van der Waals surface area (Å²) in [6.45, 7) is 0.615. The fourth-order valence-electron chi connectivity index (χ4n) is 3.28. The van der Waals surface area contributed by atoms with E-state index in [9.17, 15) is 23.1 Å². The van der Waals surface area contributed by atoms with Crippen molar-refractivity contribution in [3.8, 4) is 5.75 Å². The number of halogens is 3. The number of aliphatic hydroxyl groups is 1. The number of fused-ring (bicyclic) bond motifs is 1. The normalized spacial score (nSPS) is 23.8. The molecule has 1 heterocycles. The molecule has 1 aromatic carbocycles. The Kier molecular flexibility index (Phi) is 4.71. The van der Waals surface area contributed by atoms with Gasteiger partial charge in [-0.1, -0.05) is 6.07 Å². The monoisotopic (exact) mass is 343 g/mol. The topological polar surface area (TPSA) is 58.6 Å². The van der Waals surface area contributed by atoms with Gasteiger partial charge in [-0.2, -0.15) is 13.2 Å². The first-order valence-corrected chi connectivity index (χ1v) is 8.11. The summed E-state index contributed by atoms with van der Waals surface area (Å²) in [7, 11) is 0. The summed E-state index contributed by atoms with van der Waals surface area (Å²) in [6, 6.07) is 5.24. The summed E-state index contributed by atoms with van der Waals surface area (Å²) in [5.41, 5.74) is 1.90. The van der Waals surface area contributed by atoms with Gasteiger partial charge in [0, 0.05) is 12.8 Å². The summed E-state index contributed by atoms with van der Waals surface area (Å²) in [5, 5.41) is 12.3. The summed E-state index contributed by atoms with van der Waals surface area (Å²) < 4.78 is 42.3. The van der Waals surface area contributed by atoms with Gasteiger partial charge in [-0.15, -0.1) is 0 Å². The van der Waals surface area contributed by atoms with Crippen LogP contribution in [-0.4, -0.2) is 29.9 Å². The Hall–Kier alpha value is -1.76. The fraction of sp³-hybridized carbons (Fsp3) is 0.588. The number of aliphatic hydroxyl groups excluding tert-OH is 1. The predicted octanol–water partition coefficient (Wildman–Crippen LogP) is 2.89. The van der Waals surface area contributed by atoms with Gasteiger partial charge in [0.15, 0.2) is 0 Å². The zero-order valence-electron chi connectivity index (χ0n) is 13.1. The molecule has 1 fully saturated rings. The smallest absolute Gasteiger partial charge is 0.389 e. The zero-order valence-corrected chi connectivity index (χ0v) is 13.1. The van der Waals surface area contributed by atoms with E-state index in [1.807, 2.05) is 18.2 Å². The minimum Gasteiger partial charge on any atom is -0.493 e. The van der Waals surface area contributed by atoms with Crippen molar-refractivity contribution < 1.29 is 27.8 Å². The van der Waals surface area contributed by atoms with E-state index >= 15 is 0 Å². The number of ether oxygens (including phenoxy) is 1. The van der Waals surface area contributed by atoms with E-state index in [0.717, 1.165) is 23.3 Å². The van der Waals surface area contributed by atoms with E-state index in [4.69, 9.17) is 4.74 Å². The molecule has 0 radical (unpaired) electrons. The van der Waals surface area contributed by atoms with Gasteiger partial charge in [0.1, 0.15) is 5.75 Å². The molecule has 1 amide bonds. The molecule has 4 nitrogen and oxygen atoms in total. The van der Waals surface area contributed by atoms with Crippen LogP contribution in [-0.2, 0) is 11.2 Å². The highest BCUT2D eigenvalue weighted by molar-refractivity contribution is 5.76. The second-order valence-electron chi connectivity index (χ2n) is 6.51. The van der Waals surface area contributed by atoms with Crippen molar-refractivity contribution >= 4 is 5.91 Å². The SMILES string of the molecule is O=C(CCC(F)(F)F)N[C@H](c1ccc2c(c1)CCO2)C1CC(O)C1. The highest BCUT2D eigenvalue weighted by Crippen LogP contribution is 2.40. The predicted molar refractivity (Wildman–Crippen MR) is 80.5 cm³/mol. The van der Waals surface area contributed by atoms with Gasteiger partial charge >= 0.3 is 6.18 Å². The van der Waals surface area contributed by atoms with Crippen LogP contribution in [0.3, 0.4) is 0 Å². The van der Waals surface area contributed by atoms with Gasteiger partial charge in [-0.3, -0.25) is 4.79 Å². The lowest BCUT2D eigenvalue weighted by molar-refractivity contribution is -0.144. The molecule has 1 aliphatic carbocycles. The number of carbonyl (C=O) groups is 1. The quantitative estimate of drug-likeness (QED) is 0.864. The van der Waals surface area contributed by atoms with E-state index < -0.39 is 31.0 Å². The van der Waals surface area contributed by atoms with Gasteiger partial charge in [0.25, 0.3) is 0 Å². The third-order valence-corrected chi connectivity index (χ3v) is 4.65. The van der Waals surface area contributed by atoms with Gasteiger partial charge in [-0.25, -0.2) is 0 Å². The van der Waals surface area contributed by atoms with E-state index in [2.05, 4.69) is 5.32 Å². The molecule has 0 saturated heterocycles. The second kappa shape index (κ2) is 6.63. The summed E-state index contributed by atoms with van der Waals surface area (Å²) >= 11 is 0. The van der Waals surface area contributed by atoms with Crippen LogP contribution in [0.25, 0.3) is 0 Å². The average molecular weight is 343 g/mol. The maximum Gasteiger partial charge on any atom is 0.389 e. The second-order valence-corrected chi connectivity index (χ2v) is 6.51. The fourth-order valence-corrected chi connectivity index (χ4v) is 3.28. The molecule has 1 aliphatic heterocycles. The van der Waals surface area contributed by atoms with Crippen LogP contribution in [0.4, 0.5) is 13.2 Å². The molecule has 132 valence electrons. The third kappa shape index (κ3) is 4.01. The molecule has 1 atom stereocenters. The molecule has 0 aromatic heterocycles. The summed E-state index contributed by atoms with van der Waals surface area (Å²) in [6.07, 6.45) is -4.59. The number of benzene rings is 1. The highest BCUT2D eigenvalue weighted by Gasteiger charge is 2.36. The number of amides is 1. The van der Waals surface area contributed by atoms with Crippen molar-refractivity contribution in [1.82, 2.24) is 5.32 Å². The van der Waals surface area contributed by atoms with E-state index in [-0.39, 0.29) is 12.0 Å². The van der Waals surface area contributed by atoms with Crippen molar-refractivity contribution in [3.63, 3.8) is 0 Å². The van der Waals surface area contributed by atoms with Gasteiger partial charge in [0.2, 0.25) is 5.91 Å². The molecular weight excluding hydrogens is 323 g/mol. The number of alkyl halides is 3. The van der Waals surface area contributed by atoms with Gasteiger partial charge < -0.3 is 15.2 Å². The molecule has 0 unspecified atom stereocenters. The van der Waals surface area contributed by atoms with E-state index in [0.29, 0.717) is 19.4 Å². The lowest BCUT2D eigenvalue weighted by Gasteiger charge is -2.38. The Balaban J connectivity index is 1.71. The number of hydrogen-bond donors (Lipinski definition) is 2. The maximum atomic E-state index is 12.3. The third-order valence-electron chi connectivity index (χ3n) is 4.65. The van der Waals surface area contributed by atoms with Gasteiger partial charge in [-0.05, 0) is 42.0 Å². The van der Waals surface area contributed by atoms with Crippen LogP contribution in [0.5, 0.6) is 5.75 Å². The van der Waals surface area contributed by atoms with Crippen LogP contribution >= 0.6 is 0 Å². The van der Waals surface area contributed by atoms with Crippen LogP contribution in [0.2, 0.25) is 0 Å². The summed E-state index contributed by atoms with van der Waals surface area (Å²) in [4.78, 5) is 11.9. The molecule has 2 N–H and O–H groups in total. The lowest BCUT2D eigenvalue weighted by atomic mass is 9.74. The van der Waals surface area contributed by atoms with Crippen molar-refractivity contribution in [2.24, 2.45) is 5.92 Å².